The van der Waals surface area contributed by atoms with Crippen LogP contribution in [0.1, 0.15) is 48.9 Å². The van der Waals surface area contributed by atoms with Crippen LogP contribution in [0.25, 0.3) is 11.4 Å². The van der Waals surface area contributed by atoms with Crippen LogP contribution in [0.15, 0.2) is 53.3 Å². The fraction of sp³-hybridized carbons (Fsp3) is 0.346. The van der Waals surface area contributed by atoms with E-state index in [2.05, 4.69) is 15.7 Å². The second kappa shape index (κ2) is 12.0. The molecule has 2 saturated carbocycles. The normalized spacial score (nSPS) is 15.3. The standard InChI is InChI=1S/C25H23ClF3N5O3.CH2O3/c26-17-6-4-14(5-7-17)22-32-33(24(37)34(22)19-10-11-19)13-20(35)31-21(23(36)30-18-8-9-18)15-2-1-3-16(12-15)25(27,28)29;2-1(3)4/h1-7,12,18-19,21H,8-11,13H2,(H,30,36)(H,31,35);(H2,2,3,4). The van der Waals surface area contributed by atoms with E-state index >= 15 is 0 Å². The molecular weight excluding hydrogens is 571 g/mol. The van der Waals surface area contributed by atoms with E-state index in [0.29, 0.717) is 16.4 Å². The summed E-state index contributed by atoms with van der Waals surface area (Å²) >= 11 is 5.97. The van der Waals surface area contributed by atoms with Crippen LogP contribution in [-0.2, 0) is 22.3 Å². The summed E-state index contributed by atoms with van der Waals surface area (Å²) in [6, 6.07) is 9.57. The van der Waals surface area contributed by atoms with E-state index < -0.39 is 48.0 Å². The zero-order valence-electron chi connectivity index (χ0n) is 21.3. The van der Waals surface area contributed by atoms with Crippen molar-refractivity contribution in [3.63, 3.8) is 0 Å². The summed E-state index contributed by atoms with van der Waals surface area (Å²) in [4.78, 5) is 47.5. The monoisotopic (exact) mass is 595 g/mol. The average molecular weight is 596 g/mol. The first kappa shape index (κ1) is 29.6. The fourth-order valence-corrected chi connectivity index (χ4v) is 4.16. The van der Waals surface area contributed by atoms with Gasteiger partial charge in [-0.2, -0.15) is 13.2 Å². The van der Waals surface area contributed by atoms with E-state index in [1.807, 2.05) is 0 Å². The molecule has 0 aliphatic heterocycles. The molecule has 2 aromatic carbocycles. The molecule has 41 heavy (non-hydrogen) atoms. The lowest BCUT2D eigenvalue weighted by Crippen LogP contribution is -2.43. The first-order valence-electron chi connectivity index (χ1n) is 12.5. The van der Waals surface area contributed by atoms with Gasteiger partial charge in [0.2, 0.25) is 11.8 Å². The number of nitrogens with zero attached hydrogens (tertiary/aromatic N) is 3. The number of hydrogen-bond donors (Lipinski definition) is 4. The number of carboxylic acid groups (broad SMARTS) is 2. The van der Waals surface area contributed by atoms with E-state index in [0.717, 1.165) is 42.5 Å². The van der Waals surface area contributed by atoms with Crippen molar-refractivity contribution in [3.05, 3.63) is 75.2 Å². The Morgan fingerprint density at radius 2 is 1.68 bits per heavy atom. The lowest BCUT2D eigenvalue weighted by atomic mass is 10.0. The van der Waals surface area contributed by atoms with Crippen LogP contribution >= 0.6 is 11.6 Å². The molecular formula is C26H25ClF3N5O6. The summed E-state index contributed by atoms with van der Waals surface area (Å²) in [5.41, 5.74) is -0.784. The number of carbonyl (C=O) groups excluding carboxylic acids is 2. The Morgan fingerprint density at radius 3 is 2.24 bits per heavy atom. The second-order valence-corrected chi connectivity index (χ2v) is 10.00. The molecule has 2 fully saturated rings. The lowest BCUT2D eigenvalue weighted by molar-refractivity contribution is -0.137. The number of hydrogen-bond acceptors (Lipinski definition) is 5. The van der Waals surface area contributed by atoms with Crippen LogP contribution in [0, 0.1) is 0 Å². The summed E-state index contributed by atoms with van der Waals surface area (Å²) in [5.74, 6) is -0.968. The smallest absolute Gasteiger partial charge is 0.450 e. The van der Waals surface area contributed by atoms with Gasteiger partial charge < -0.3 is 20.8 Å². The van der Waals surface area contributed by atoms with Gasteiger partial charge in [0, 0.05) is 22.7 Å². The number of aromatic nitrogens is 3. The number of alkyl halides is 3. The van der Waals surface area contributed by atoms with Gasteiger partial charge in [-0.25, -0.2) is 14.3 Å². The zero-order chi connectivity index (χ0) is 29.9. The highest BCUT2D eigenvalue weighted by Crippen LogP contribution is 2.36. The third-order valence-electron chi connectivity index (χ3n) is 6.22. The first-order chi connectivity index (χ1) is 19.3. The molecule has 1 aromatic heterocycles. The fourth-order valence-electron chi connectivity index (χ4n) is 4.03. The second-order valence-electron chi connectivity index (χ2n) is 9.56. The molecule has 0 saturated heterocycles. The SMILES string of the molecule is O=C(Cn1nc(-c2ccc(Cl)cc2)n(C2CC2)c1=O)NC(C(=O)NC1CC1)c1cccc(C(F)(F)F)c1.O=C(O)O. The Labute approximate surface area is 235 Å². The minimum absolute atomic E-state index is 0.0148. The summed E-state index contributed by atoms with van der Waals surface area (Å²) < 4.78 is 42.4. The molecule has 0 radical (unpaired) electrons. The van der Waals surface area contributed by atoms with Crippen LogP contribution in [0.4, 0.5) is 18.0 Å². The zero-order valence-corrected chi connectivity index (χ0v) is 22.0. The molecule has 218 valence electrons. The topological polar surface area (TPSA) is 156 Å². The van der Waals surface area contributed by atoms with Gasteiger partial charge in [-0.05, 0) is 67.6 Å². The molecule has 2 amide bonds. The lowest BCUT2D eigenvalue weighted by Gasteiger charge is -2.20. The van der Waals surface area contributed by atoms with Crippen LogP contribution in [0.3, 0.4) is 0 Å². The van der Waals surface area contributed by atoms with Gasteiger partial charge in [0.15, 0.2) is 5.82 Å². The van der Waals surface area contributed by atoms with Crippen LogP contribution in [0.5, 0.6) is 0 Å². The highest BCUT2D eigenvalue weighted by atomic mass is 35.5. The van der Waals surface area contributed by atoms with Crippen molar-refractivity contribution in [2.45, 2.75) is 56.5 Å². The number of nitrogens with one attached hydrogen (secondary N) is 2. The Bertz CT molecular complexity index is 1490. The average Bonchev–Trinajstić information content (AvgIpc) is 3.83. The van der Waals surface area contributed by atoms with E-state index in [9.17, 15) is 27.6 Å². The molecule has 4 N–H and O–H groups in total. The molecule has 0 bridgehead atoms. The van der Waals surface area contributed by atoms with Gasteiger partial charge >= 0.3 is 18.0 Å². The largest absolute Gasteiger partial charge is 0.503 e. The highest BCUT2D eigenvalue weighted by Gasteiger charge is 2.34. The minimum Gasteiger partial charge on any atom is -0.450 e. The van der Waals surface area contributed by atoms with Crippen molar-refractivity contribution in [1.82, 2.24) is 25.0 Å². The molecule has 1 atom stereocenters. The van der Waals surface area contributed by atoms with E-state index in [-0.39, 0.29) is 17.6 Å². The quantitative estimate of drug-likeness (QED) is 0.306. The Morgan fingerprint density at radius 1 is 1.05 bits per heavy atom. The summed E-state index contributed by atoms with van der Waals surface area (Å²) in [6.45, 7) is -0.509. The van der Waals surface area contributed by atoms with Gasteiger partial charge in [-0.3, -0.25) is 14.2 Å². The maximum absolute atomic E-state index is 13.3. The van der Waals surface area contributed by atoms with E-state index in [1.54, 1.807) is 24.3 Å². The summed E-state index contributed by atoms with van der Waals surface area (Å²) in [6.07, 6.45) is -3.32. The maximum Gasteiger partial charge on any atom is 0.503 e. The molecule has 2 aliphatic rings. The summed E-state index contributed by atoms with van der Waals surface area (Å²) in [7, 11) is 0. The maximum atomic E-state index is 13.3. The third kappa shape index (κ3) is 7.87. The number of rotatable bonds is 8. The molecule has 1 heterocycles. The molecule has 1 unspecified atom stereocenters. The van der Waals surface area contributed by atoms with E-state index in [4.69, 9.17) is 26.6 Å². The van der Waals surface area contributed by atoms with Crippen LogP contribution in [0.2, 0.25) is 5.02 Å². The van der Waals surface area contributed by atoms with Gasteiger partial charge in [0.25, 0.3) is 0 Å². The molecule has 3 aromatic rings. The molecule has 2 aliphatic carbocycles. The predicted octanol–water partition coefficient (Wildman–Crippen LogP) is 4.08. The number of benzene rings is 2. The van der Waals surface area contributed by atoms with E-state index in [1.165, 1.54) is 16.7 Å². The number of amides is 2. The third-order valence-corrected chi connectivity index (χ3v) is 6.47. The van der Waals surface area contributed by atoms with Crippen LogP contribution in [-0.4, -0.2) is 48.6 Å². The molecule has 0 spiro atoms. The van der Waals surface area contributed by atoms with Gasteiger partial charge in [0.05, 0.1) is 5.56 Å². The van der Waals surface area contributed by atoms with Gasteiger partial charge in [-0.1, -0.05) is 23.7 Å². The van der Waals surface area contributed by atoms with Gasteiger partial charge in [0.1, 0.15) is 12.6 Å². The van der Waals surface area contributed by atoms with Crippen molar-refractivity contribution in [1.29, 1.82) is 0 Å². The Kier molecular flexibility index (Phi) is 8.71. The van der Waals surface area contributed by atoms with Crippen molar-refractivity contribution in [2.24, 2.45) is 0 Å². The number of carbonyl (C=O) groups is 3. The Hall–Kier alpha value is -4.33. The van der Waals surface area contributed by atoms with Gasteiger partial charge in [-0.15, -0.1) is 5.10 Å². The minimum atomic E-state index is -4.61. The number of halogens is 4. The van der Waals surface area contributed by atoms with Crippen molar-refractivity contribution in [3.8, 4) is 11.4 Å². The molecule has 11 nitrogen and oxygen atoms in total. The predicted molar refractivity (Wildman–Crippen MR) is 139 cm³/mol. The van der Waals surface area contributed by atoms with Crippen molar-refractivity contribution < 1.29 is 37.8 Å². The molecule has 15 heteroatoms. The Balaban J connectivity index is 0.000000909. The molecule has 5 rings (SSSR count). The van der Waals surface area contributed by atoms with Crippen molar-refractivity contribution >= 4 is 29.6 Å². The first-order valence-corrected chi connectivity index (χ1v) is 12.9. The summed E-state index contributed by atoms with van der Waals surface area (Å²) in [5, 5.41) is 24.0. The van der Waals surface area contributed by atoms with Crippen LogP contribution < -0.4 is 16.3 Å². The highest BCUT2D eigenvalue weighted by molar-refractivity contribution is 6.30. The van der Waals surface area contributed by atoms with Crippen molar-refractivity contribution in [2.75, 3.05) is 0 Å².